The van der Waals surface area contributed by atoms with Gasteiger partial charge in [0.05, 0.1) is 6.61 Å². The summed E-state index contributed by atoms with van der Waals surface area (Å²) in [5, 5.41) is 31.3. The Balaban J connectivity index is 2.17. The van der Waals surface area contributed by atoms with Crippen LogP contribution in [0.25, 0.3) is 0 Å². The molecule has 7 nitrogen and oxygen atoms in total. The number of aliphatic hydroxyl groups is 3. The lowest BCUT2D eigenvalue weighted by Crippen LogP contribution is -2.33. The summed E-state index contributed by atoms with van der Waals surface area (Å²) in [6.07, 6.45) is -6.63. The number of rotatable bonds is 3. The van der Waals surface area contributed by atoms with Crippen molar-refractivity contribution >= 4 is 0 Å². The molecule has 9 heteroatoms. The van der Waals surface area contributed by atoms with Gasteiger partial charge in [-0.3, -0.25) is 0 Å². The fourth-order valence-electron chi connectivity index (χ4n) is 1.61. The van der Waals surface area contributed by atoms with E-state index in [-0.39, 0.29) is 0 Å². The fourth-order valence-corrected chi connectivity index (χ4v) is 1.61. The average molecular weight is 251 g/mol. The molecule has 1 aliphatic rings. The molecule has 0 aliphatic carbocycles. The topological polar surface area (TPSA) is 101 Å². The number of hydrogen-bond acceptors (Lipinski definition) is 6. The summed E-state index contributed by atoms with van der Waals surface area (Å²) < 4.78 is 30.5. The van der Waals surface area contributed by atoms with Gasteiger partial charge in [0.25, 0.3) is 6.43 Å². The Hall–Kier alpha value is -1.16. The highest BCUT2D eigenvalue weighted by molar-refractivity contribution is 4.91. The van der Waals surface area contributed by atoms with Gasteiger partial charge in [0.2, 0.25) is 5.82 Å². The van der Waals surface area contributed by atoms with E-state index in [1.165, 1.54) is 0 Å². The Labute approximate surface area is 94.3 Å². The molecule has 1 aromatic rings. The van der Waals surface area contributed by atoms with E-state index >= 15 is 0 Å². The number of aliphatic hydroxyl groups excluding tert-OH is 3. The summed E-state index contributed by atoms with van der Waals surface area (Å²) in [4.78, 5) is 3.34. The van der Waals surface area contributed by atoms with Crippen molar-refractivity contribution in [3.8, 4) is 0 Å². The van der Waals surface area contributed by atoms with Crippen LogP contribution in [0.3, 0.4) is 0 Å². The highest BCUT2D eigenvalue weighted by Crippen LogP contribution is 2.28. The largest absolute Gasteiger partial charge is 0.394 e. The molecule has 0 saturated carbocycles. The molecule has 96 valence electrons. The molecule has 1 fully saturated rings. The predicted molar refractivity (Wildman–Crippen MR) is 48.0 cm³/mol. The second kappa shape index (κ2) is 4.61. The van der Waals surface area contributed by atoms with Gasteiger partial charge in [-0.05, 0) is 0 Å². The van der Waals surface area contributed by atoms with Crippen molar-refractivity contribution in [2.24, 2.45) is 0 Å². The van der Waals surface area contributed by atoms with Crippen molar-refractivity contribution < 1.29 is 28.8 Å². The van der Waals surface area contributed by atoms with E-state index in [0.717, 1.165) is 11.0 Å². The van der Waals surface area contributed by atoms with Gasteiger partial charge in [0.1, 0.15) is 24.6 Å². The zero-order valence-electron chi connectivity index (χ0n) is 8.52. The van der Waals surface area contributed by atoms with E-state index in [4.69, 9.17) is 9.84 Å². The molecule has 0 aromatic carbocycles. The molecule has 0 bridgehead atoms. The number of nitrogens with zero attached hydrogens (tertiary/aromatic N) is 3. The quantitative estimate of drug-likeness (QED) is 0.625. The first-order chi connectivity index (χ1) is 8.04. The molecule has 2 rings (SSSR count). The van der Waals surface area contributed by atoms with Crippen LogP contribution >= 0.6 is 0 Å². The summed E-state index contributed by atoms with van der Waals surface area (Å²) in [6.45, 7) is -0.495. The van der Waals surface area contributed by atoms with Crippen LogP contribution in [0.2, 0.25) is 0 Å². The van der Waals surface area contributed by atoms with Crippen molar-refractivity contribution in [3.63, 3.8) is 0 Å². The Morgan fingerprint density at radius 1 is 1.41 bits per heavy atom. The Morgan fingerprint density at radius 3 is 2.59 bits per heavy atom. The minimum Gasteiger partial charge on any atom is -0.394 e. The molecular formula is C8H11F2N3O4. The van der Waals surface area contributed by atoms with Crippen molar-refractivity contribution in [3.05, 3.63) is 12.2 Å². The summed E-state index contributed by atoms with van der Waals surface area (Å²) >= 11 is 0. The maximum atomic E-state index is 12.3. The normalized spacial score (nSPS) is 33.5. The van der Waals surface area contributed by atoms with Gasteiger partial charge in [-0.15, -0.1) is 5.10 Å². The van der Waals surface area contributed by atoms with Crippen molar-refractivity contribution in [2.45, 2.75) is 31.0 Å². The van der Waals surface area contributed by atoms with Gasteiger partial charge < -0.3 is 20.1 Å². The summed E-state index contributed by atoms with van der Waals surface area (Å²) in [6, 6.07) is 0. The number of aromatic nitrogens is 3. The van der Waals surface area contributed by atoms with E-state index in [1.807, 2.05) is 0 Å². The van der Waals surface area contributed by atoms with E-state index in [0.29, 0.717) is 0 Å². The van der Waals surface area contributed by atoms with Crippen LogP contribution in [0.5, 0.6) is 0 Å². The van der Waals surface area contributed by atoms with Gasteiger partial charge in [0.15, 0.2) is 6.23 Å². The first-order valence-electron chi connectivity index (χ1n) is 4.86. The molecule has 3 N–H and O–H groups in total. The summed E-state index contributed by atoms with van der Waals surface area (Å²) in [7, 11) is 0. The van der Waals surface area contributed by atoms with Gasteiger partial charge in [-0.1, -0.05) is 0 Å². The smallest absolute Gasteiger partial charge is 0.299 e. The SMILES string of the molecule is OC[C@H]1O[C@@H](n2cnc(C(F)F)n2)[C@@H](O)C1O. The molecule has 1 aromatic heterocycles. The summed E-state index contributed by atoms with van der Waals surface area (Å²) in [5.74, 6) is -0.692. The molecular weight excluding hydrogens is 240 g/mol. The number of ether oxygens (including phenoxy) is 1. The Bertz CT molecular complexity index is 389. The predicted octanol–water partition coefficient (Wildman–Crippen LogP) is -1.17. The molecule has 2 heterocycles. The second-order valence-electron chi connectivity index (χ2n) is 3.61. The van der Waals surface area contributed by atoms with Crippen LogP contribution < -0.4 is 0 Å². The standard InChI is InChI=1S/C8H11F2N3O4/c9-6(10)7-11-2-13(12-7)8-5(16)4(15)3(1-14)17-8/h2-6,8,14-16H,1H2/t3-,4?,5+,8-/m1/s1. The first kappa shape index (κ1) is 12.3. The number of hydrogen-bond donors (Lipinski definition) is 3. The molecule has 0 amide bonds. The van der Waals surface area contributed by atoms with Gasteiger partial charge in [0, 0.05) is 0 Å². The lowest BCUT2D eigenvalue weighted by atomic mass is 10.1. The highest BCUT2D eigenvalue weighted by Gasteiger charge is 2.44. The maximum absolute atomic E-state index is 12.3. The third-order valence-electron chi connectivity index (χ3n) is 2.50. The van der Waals surface area contributed by atoms with Gasteiger partial charge >= 0.3 is 0 Å². The molecule has 1 aliphatic heterocycles. The second-order valence-corrected chi connectivity index (χ2v) is 3.61. The number of halogens is 2. The van der Waals surface area contributed by atoms with Crippen LogP contribution in [-0.2, 0) is 4.74 Å². The van der Waals surface area contributed by atoms with Crippen LogP contribution in [-0.4, -0.2) is 55.0 Å². The molecule has 0 radical (unpaired) electrons. The monoisotopic (exact) mass is 251 g/mol. The van der Waals surface area contributed by atoms with Gasteiger partial charge in [-0.25, -0.2) is 18.4 Å². The Morgan fingerprint density at radius 2 is 2.12 bits per heavy atom. The van der Waals surface area contributed by atoms with E-state index in [1.54, 1.807) is 0 Å². The van der Waals surface area contributed by atoms with Crippen LogP contribution in [0.4, 0.5) is 8.78 Å². The zero-order valence-corrected chi connectivity index (χ0v) is 8.52. The first-order valence-corrected chi connectivity index (χ1v) is 4.86. The van der Waals surface area contributed by atoms with E-state index in [9.17, 15) is 19.0 Å². The van der Waals surface area contributed by atoms with Crippen LogP contribution in [0.15, 0.2) is 6.33 Å². The zero-order chi connectivity index (χ0) is 12.6. The number of alkyl halides is 2. The van der Waals surface area contributed by atoms with Crippen molar-refractivity contribution in [1.29, 1.82) is 0 Å². The van der Waals surface area contributed by atoms with E-state index < -0.39 is 43.4 Å². The third kappa shape index (κ3) is 2.14. The maximum Gasteiger partial charge on any atom is 0.299 e. The molecule has 4 atom stereocenters. The van der Waals surface area contributed by atoms with E-state index in [2.05, 4.69) is 10.1 Å². The molecule has 0 spiro atoms. The average Bonchev–Trinajstić information content (AvgIpc) is 2.87. The lowest BCUT2D eigenvalue weighted by Gasteiger charge is -2.13. The third-order valence-corrected chi connectivity index (χ3v) is 2.50. The lowest BCUT2D eigenvalue weighted by molar-refractivity contribution is -0.0592. The molecule has 17 heavy (non-hydrogen) atoms. The minimum absolute atomic E-state index is 0.495. The summed E-state index contributed by atoms with van der Waals surface area (Å²) in [5.41, 5.74) is 0. The Kier molecular flexibility index (Phi) is 3.33. The molecule has 1 saturated heterocycles. The fraction of sp³-hybridized carbons (Fsp3) is 0.750. The van der Waals surface area contributed by atoms with Crippen molar-refractivity contribution in [1.82, 2.24) is 14.8 Å². The minimum atomic E-state index is -2.83. The van der Waals surface area contributed by atoms with Crippen LogP contribution in [0, 0.1) is 0 Å². The highest BCUT2D eigenvalue weighted by atomic mass is 19.3. The van der Waals surface area contributed by atoms with Crippen LogP contribution in [0.1, 0.15) is 18.5 Å². The molecule has 1 unspecified atom stereocenters. The van der Waals surface area contributed by atoms with Gasteiger partial charge in [-0.2, -0.15) is 0 Å². The van der Waals surface area contributed by atoms with Crippen molar-refractivity contribution in [2.75, 3.05) is 6.61 Å².